The predicted octanol–water partition coefficient (Wildman–Crippen LogP) is 1.63. The van der Waals surface area contributed by atoms with Gasteiger partial charge in [-0.05, 0) is 26.3 Å². The van der Waals surface area contributed by atoms with E-state index >= 15 is 0 Å². The summed E-state index contributed by atoms with van der Waals surface area (Å²) in [6.07, 6.45) is -1.56. The van der Waals surface area contributed by atoms with E-state index in [2.05, 4.69) is 0 Å². The van der Waals surface area contributed by atoms with E-state index in [1.54, 1.807) is 51.1 Å². The number of aliphatic hydroxyl groups is 1. The molecule has 0 saturated carbocycles. The lowest BCUT2D eigenvalue weighted by molar-refractivity contribution is -0.157. The van der Waals surface area contributed by atoms with Crippen LogP contribution in [0.4, 0.5) is 0 Å². The summed E-state index contributed by atoms with van der Waals surface area (Å²) in [7, 11) is -3.81. The average molecular weight is 330 g/mol. The van der Waals surface area contributed by atoms with Crippen molar-refractivity contribution in [3.05, 3.63) is 35.9 Å². The van der Waals surface area contributed by atoms with Crippen molar-refractivity contribution in [3.63, 3.8) is 0 Å². The molecule has 1 N–H and O–H groups in total. The number of rotatable bonds is 7. The first-order chi connectivity index (χ1) is 10.1. The molecule has 0 bridgehead atoms. The summed E-state index contributed by atoms with van der Waals surface area (Å²) in [6.45, 7) is 4.64. The van der Waals surface area contributed by atoms with Crippen LogP contribution in [0.1, 0.15) is 32.8 Å². The van der Waals surface area contributed by atoms with E-state index in [4.69, 9.17) is 8.92 Å². The van der Waals surface area contributed by atoms with Crippen LogP contribution in [0, 0.1) is 0 Å². The molecular weight excluding hydrogens is 308 g/mol. The van der Waals surface area contributed by atoms with Gasteiger partial charge in [-0.15, -0.1) is 0 Å². The Labute approximate surface area is 131 Å². The van der Waals surface area contributed by atoms with Crippen LogP contribution in [0.25, 0.3) is 0 Å². The maximum Gasteiger partial charge on any atom is 0.309 e. The molecule has 0 spiro atoms. The van der Waals surface area contributed by atoms with Crippen molar-refractivity contribution in [3.8, 4) is 0 Å². The molecule has 1 rings (SSSR count). The van der Waals surface area contributed by atoms with Crippen molar-refractivity contribution >= 4 is 16.1 Å². The normalized spacial score (nSPS) is 13.6. The Hall–Kier alpha value is -1.44. The fourth-order valence-electron chi connectivity index (χ4n) is 1.64. The topological polar surface area (TPSA) is 89.9 Å². The van der Waals surface area contributed by atoms with Gasteiger partial charge in [0, 0.05) is 0 Å². The summed E-state index contributed by atoms with van der Waals surface area (Å²) in [5.41, 5.74) is -0.0685. The molecule has 0 aliphatic rings. The zero-order valence-corrected chi connectivity index (χ0v) is 13.8. The molecule has 6 nitrogen and oxygen atoms in total. The molecule has 0 aliphatic heterocycles. The molecule has 124 valence electrons. The average Bonchev–Trinajstić information content (AvgIpc) is 2.35. The SMILES string of the molecule is CC(C)(C)OC(=O)CC(O)COS(=O)(=O)Cc1ccccc1. The predicted molar refractivity (Wildman–Crippen MR) is 81.5 cm³/mol. The molecule has 0 saturated heterocycles. The molecule has 1 unspecified atom stereocenters. The first-order valence-corrected chi connectivity index (χ1v) is 8.46. The van der Waals surface area contributed by atoms with Gasteiger partial charge in [0.25, 0.3) is 10.1 Å². The number of hydrogen-bond acceptors (Lipinski definition) is 6. The van der Waals surface area contributed by atoms with E-state index in [1.807, 2.05) is 0 Å². The van der Waals surface area contributed by atoms with Crippen LogP contribution in [-0.2, 0) is 29.6 Å². The Morgan fingerprint density at radius 3 is 2.36 bits per heavy atom. The lowest BCUT2D eigenvalue weighted by atomic mass is 10.2. The maximum absolute atomic E-state index is 11.8. The number of carbonyl (C=O) groups is 1. The molecule has 1 aromatic carbocycles. The van der Waals surface area contributed by atoms with Gasteiger partial charge in [-0.2, -0.15) is 8.42 Å². The molecule has 0 radical (unpaired) electrons. The van der Waals surface area contributed by atoms with Gasteiger partial charge in [0.1, 0.15) is 11.4 Å². The molecule has 0 heterocycles. The highest BCUT2D eigenvalue weighted by atomic mass is 32.2. The van der Waals surface area contributed by atoms with Crippen LogP contribution < -0.4 is 0 Å². The minimum absolute atomic E-state index is 0.285. The number of ether oxygens (including phenoxy) is 1. The second kappa shape index (κ2) is 7.71. The third-order valence-electron chi connectivity index (χ3n) is 2.45. The van der Waals surface area contributed by atoms with E-state index in [0.717, 1.165) is 0 Å². The van der Waals surface area contributed by atoms with Gasteiger partial charge in [0.15, 0.2) is 0 Å². The van der Waals surface area contributed by atoms with E-state index in [0.29, 0.717) is 5.56 Å². The van der Waals surface area contributed by atoms with Crippen LogP contribution in [0.15, 0.2) is 30.3 Å². The third-order valence-corrected chi connectivity index (χ3v) is 3.63. The number of hydrogen-bond donors (Lipinski definition) is 1. The van der Waals surface area contributed by atoms with Gasteiger partial charge in [0.2, 0.25) is 0 Å². The standard InChI is InChI=1S/C15H22O6S/c1-15(2,3)21-14(17)9-13(16)10-20-22(18,19)11-12-7-5-4-6-8-12/h4-8,13,16H,9-11H2,1-3H3. The highest BCUT2D eigenvalue weighted by Gasteiger charge is 2.21. The zero-order valence-electron chi connectivity index (χ0n) is 13.0. The maximum atomic E-state index is 11.8. The quantitative estimate of drug-likeness (QED) is 0.603. The lowest BCUT2D eigenvalue weighted by Crippen LogP contribution is -2.28. The van der Waals surface area contributed by atoms with E-state index < -0.39 is 34.4 Å². The number of esters is 1. The van der Waals surface area contributed by atoms with Gasteiger partial charge in [-0.3, -0.25) is 8.98 Å². The van der Waals surface area contributed by atoms with Crippen molar-refractivity contribution in [2.75, 3.05) is 6.61 Å². The third kappa shape index (κ3) is 8.11. The Kier molecular flexibility index (Phi) is 6.52. The van der Waals surface area contributed by atoms with Crippen molar-refractivity contribution in [1.29, 1.82) is 0 Å². The van der Waals surface area contributed by atoms with E-state index in [9.17, 15) is 18.3 Å². The largest absolute Gasteiger partial charge is 0.460 e. The molecular formula is C15H22O6S. The van der Waals surface area contributed by atoms with Crippen molar-refractivity contribution in [2.45, 2.75) is 44.6 Å². The molecule has 0 amide bonds. The van der Waals surface area contributed by atoms with Gasteiger partial charge in [-0.25, -0.2) is 0 Å². The van der Waals surface area contributed by atoms with Crippen LogP contribution in [0.2, 0.25) is 0 Å². The fourth-order valence-corrected chi connectivity index (χ4v) is 2.69. The van der Waals surface area contributed by atoms with Gasteiger partial charge < -0.3 is 9.84 Å². The summed E-state index contributed by atoms with van der Waals surface area (Å²) < 4.78 is 33.3. The second-order valence-electron chi connectivity index (χ2n) is 5.92. The number of benzene rings is 1. The second-order valence-corrected chi connectivity index (χ2v) is 7.56. The van der Waals surface area contributed by atoms with Gasteiger partial charge >= 0.3 is 5.97 Å². The summed E-state index contributed by atoms with van der Waals surface area (Å²) >= 11 is 0. The van der Waals surface area contributed by atoms with E-state index in [1.165, 1.54) is 0 Å². The summed E-state index contributed by atoms with van der Waals surface area (Å²) in [4.78, 5) is 11.5. The molecule has 22 heavy (non-hydrogen) atoms. The minimum atomic E-state index is -3.81. The minimum Gasteiger partial charge on any atom is -0.460 e. The highest BCUT2D eigenvalue weighted by molar-refractivity contribution is 7.85. The first kappa shape index (κ1) is 18.6. The monoisotopic (exact) mass is 330 g/mol. The molecule has 1 atom stereocenters. The van der Waals surface area contributed by atoms with Crippen molar-refractivity contribution < 1.29 is 27.2 Å². The Bertz CT molecular complexity index is 574. The number of aliphatic hydroxyl groups excluding tert-OH is 1. The van der Waals surface area contributed by atoms with E-state index in [-0.39, 0.29) is 12.2 Å². The summed E-state index contributed by atoms with van der Waals surface area (Å²) in [5, 5.41) is 9.66. The van der Waals surface area contributed by atoms with Crippen molar-refractivity contribution in [2.24, 2.45) is 0 Å². The fraction of sp³-hybridized carbons (Fsp3) is 0.533. The van der Waals surface area contributed by atoms with Gasteiger partial charge in [0.05, 0.1) is 19.1 Å². The molecule has 0 fully saturated rings. The molecule has 7 heteroatoms. The number of carbonyl (C=O) groups excluding carboxylic acids is 1. The lowest BCUT2D eigenvalue weighted by Gasteiger charge is -2.20. The summed E-state index contributed by atoms with van der Waals surface area (Å²) in [6, 6.07) is 8.56. The van der Waals surface area contributed by atoms with Crippen LogP contribution in [-0.4, -0.2) is 37.8 Å². The van der Waals surface area contributed by atoms with Gasteiger partial charge in [-0.1, -0.05) is 30.3 Å². The Morgan fingerprint density at radius 2 is 1.82 bits per heavy atom. The smallest absolute Gasteiger partial charge is 0.309 e. The Morgan fingerprint density at radius 1 is 1.23 bits per heavy atom. The molecule has 1 aromatic rings. The molecule has 0 aliphatic carbocycles. The van der Waals surface area contributed by atoms with Crippen molar-refractivity contribution in [1.82, 2.24) is 0 Å². The zero-order chi connectivity index (χ0) is 16.8. The molecule has 0 aromatic heterocycles. The Balaban J connectivity index is 2.42. The van der Waals surface area contributed by atoms with Crippen LogP contribution >= 0.6 is 0 Å². The highest BCUT2D eigenvalue weighted by Crippen LogP contribution is 2.11. The van der Waals surface area contributed by atoms with Crippen LogP contribution in [0.3, 0.4) is 0 Å². The van der Waals surface area contributed by atoms with Crippen LogP contribution in [0.5, 0.6) is 0 Å². The summed E-state index contributed by atoms with van der Waals surface area (Å²) in [5.74, 6) is -0.892. The first-order valence-electron chi connectivity index (χ1n) is 6.88.